The molecule has 5 N–H and O–H groups in total. The number of aliphatic hydroxyl groups is 4. The first-order chi connectivity index (χ1) is 14.4. The van der Waals surface area contributed by atoms with Crippen molar-refractivity contribution >= 4 is 12.0 Å². The fourth-order valence-corrected chi connectivity index (χ4v) is 3.64. The van der Waals surface area contributed by atoms with E-state index in [1.54, 1.807) is 12.1 Å². The number of hydrogen-bond acceptors (Lipinski definition) is 9. The van der Waals surface area contributed by atoms with Crippen LogP contribution in [0.1, 0.15) is 31.2 Å². The average molecular weight is 424 g/mol. The van der Waals surface area contributed by atoms with E-state index in [9.17, 15) is 30.3 Å². The molecule has 2 aliphatic rings. The number of aromatic hydroxyl groups is 1. The summed E-state index contributed by atoms with van der Waals surface area (Å²) in [5.41, 5.74) is 0.642. The fourth-order valence-electron chi connectivity index (χ4n) is 3.64. The van der Waals surface area contributed by atoms with Crippen molar-refractivity contribution in [2.24, 2.45) is 0 Å². The van der Waals surface area contributed by atoms with Crippen LogP contribution in [0.2, 0.25) is 0 Å². The minimum Gasteiger partial charge on any atom is -0.508 e. The standard InChI is InChI=1S/C21H28O9/c22-11-16-20(30-17(25)10-7-12-5-8-13(23)9-6-12)18(26)19(27)21(29-16)28-15-4-2-1-3-14(15)24/h5-10,14-16,18-24,26-27H,1-4,11H2/t14-,15+,16+,18+,19+,20+,21+/m0/s1. The second-order valence-corrected chi connectivity index (χ2v) is 7.56. The van der Waals surface area contributed by atoms with Crippen LogP contribution in [0.5, 0.6) is 5.75 Å². The van der Waals surface area contributed by atoms with E-state index in [0.717, 1.165) is 18.9 Å². The first-order valence-corrected chi connectivity index (χ1v) is 10.0. The van der Waals surface area contributed by atoms with Gasteiger partial charge in [-0.3, -0.25) is 0 Å². The molecule has 0 radical (unpaired) electrons. The van der Waals surface area contributed by atoms with Crippen LogP contribution in [-0.2, 0) is 19.0 Å². The lowest BCUT2D eigenvalue weighted by molar-refractivity contribution is -0.319. The maximum absolute atomic E-state index is 12.2. The molecule has 1 aromatic rings. The smallest absolute Gasteiger partial charge is 0.331 e. The average Bonchev–Trinajstić information content (AvgIpc) is 2.74. The zero-order valence-corrected chi connectivity index (χ0v) is 16.4. The highest BCUT2D eigenvalue weighted by molar-refractivity contribution is 5.87. The molecule has 1 aromatic carbocycles. The summed E-state index contributed by atoms with van der Waals surface area (Å²) in [6, 6.07) is 6.12. The summed E-state index contributed by atoms with van der Waals surface area (Å²) < 4.78 is 16.4. The molecular formula is C21H28O9. The molecule has 9 heteroatoms. The van der Waals surface area contributed by atoms with E-state index >= 15 is 0 Å². The van der Waals surface area contributed by atoms with Gasteiger partial charge in [0, 0.05) is 6.08 Å². The van der Waals surface area contributed by atoms with Crippen LogP contribution in [0, 0.1) is 0 Å². The number of carbonyl (C=O) groups is 1. The van der Waals surface area contributed by atoms with Gasteiger partial charge in [-0.25, -0.2) is 4.79 Å². The maximum Gasteiger partial charge on any atom is 0.331 e. The van der Waals surface area contributed by atoms with Gasteiger partial charge in [0.1, 0.15) is 24.1 Å². The Kier molecular flexibility index (Phi) is 7.81. The summed E-state index contributed by atoms with van der Waals surface area (Å²) in [7, 11) is 0. The number of carbonyl (C=O) groups excluding carboxylic acids is 1. The van der Waals surface area contributed by atoms with E-state index in [1.165, 1.54) is 18.2 Å². The lowest BCUT2D eigenvalue weighted by Gasteiger charge is -2.43. The number of esters is 1. The number of ether oxygens (including phenoxy) is 3. The number of phenolic OH excluding ortho intramolecular Hbond substituents is 1. The lowest BCUT2D eigenvalue weighted by Crippen LogP contribution is -2.61. The zero-order chi connectivity index (χ0) is 21.7. The van der Waals surface area contributed by atoms with Crippen molar-refractivity contribution in [1.29, 1.82) is 0 Å². The minimum atomic E-state index is -1.55. The van der Waals surface area contributed by atoms with Crippen molar-refractivity contribution in [1.82, 2.24) is 0 Å². The molecule has 2 fully saturated rings. The Labute approximate surface area is 174 Å². The molecule has 166 valence electrons. The van der Waals surface area contributed by atoms with Gasteiger partial charge in [0.05, 0.1) is 18.8 Å². The Balaban J connectivity index is 1.61. The van der Waals surface area contributed by atoms with Crippen LogP contribution >= 0.6 is 0 Å². The van der Waals surface area contributed by atoms with E-state index in [0.29, 0.717) is 18.4 Å². The van der Waals surface area contributed by atoms with E-state index < -0.39 is 55.5 Å². The molecule has 0 bridgehead atoms. The third-order valence-electron chi connectivity index (χ3n) is 5.35. The van der Waals surface area contributed by atoms with Crippen LogP contribution in [0.15, 0.2) is 30.3 Å². The molecule has 3 rings (SSSR count). The third kappa shape index (κ3) is 5.57. The van der Waals surface area contributed by atoms with Crippen molar-refractivity contribution in [3.05, 3.63) is 35.9 Å². The molecule has 1 aliphatic carbocycles. The topological polar surface area (TPSA) is 146 Å². The second-order valence-electron chi connectivity index (χ2n) is 7.56. The Morgan fingerprint density at radius 2 is 1.80 bits per heavy atom. The normalized spacial score (nSPS) is 34.7. The number of phenols is 1. The van der Waals surface area contributed by atoms with Gasteiger partial charge in [-0.2, -0.15) is 0 Å². The van der Waals surface area contributed by atoms with Crippen molar-refractivity contribution < 1.29 is 44.5 Å². The van der Waals surface area contributed by atoms with E-state index in [4.69, 9.17) is 14.2 Å². The molecule has 7 atom stereocenters. The van der Waals surface area contributed by atoms with Gasteiger partial charge in [-0.1, -0.05) is 25.0 Å². The van der Waals surface area contributed by atoms with Crippen molar-refractivity contribution in [3.63, 3.8) is 0 Å². The minimum absolute atomic E-state index is 0.0921. The van der Waals surface area contributed by atoms with Crippen molar-refractivity contribution in [3.8, 4) is 5.75 Å². The molecule has 1 heterocycles. The summed E-state index contributed by atoms with van der Waals surface area (Å²) in [5, 5.41) is 49.8. The van der Waals surface area contributed by atoms with Gasteiger partial charge in [0.2, 0.25) is 0 Å². The highest BCUT2D eigenvalue weighted by atomic mass is 16.7. The number of hydrogen-bond donors (Lipinski definition) is 5. The van der Waals surface area contributed by atoms with Gasteiger partial charge in [-0.05, 0) is 36.6 Å². The number of aliphatic hydroxyl groups excluding tert-OH is 4. The second kappa shape index (κ2) is 10.3. The quantitative estimate of drug-likeness (QED) is 0.316. The molecule has 0 unspecified atom stereocenters. The first kappa shape index (κ1) is 22.7. The summed E-state index contributed by atoms with van der Waals surface area (Å²) in [6.45, 7) is -0.573. The van der Waals surface area contributed by atoms with Gasteiger partial charge in [0.15, 0.2) is 12.4 Å². The lowest BCUT2D eigenvalue weighted by atomic mass is 9.94. The highest BCUT2D eigenvalue weighted by Crippen LogP contribution is 2.29. The fraction of sp³-hybridized carbons (Fsp3) is 0.571. The molecule has 0 spiro atoms. The van der Waals surface area contributed by atoms with Crippen LogP contribution < -0.4 is 0 Å². The Morgan fingerprint density at radius 3 is 2.47 bits per heavy atom. The Morgan fingerprint density at radius 1 is 1.10 bits per heavy atom. The van der Waals surface area contributed by atoms with E-state index in [-0.39, 0.29) is 5.75 Å². The predicted molar refractivity (Wildman–Crippen MR) is 104 cm³/mol. The molecule has 1 aliphatic heterocycles. The monoisotopic (exact) mass is 424 g/mol. The molecule has 1 saturated carbocycles. The third-order valence-corrected chi connectivity index (χ3v) is 5.35. The van der Waals surface area contributed by atoms with Crippen LogP contribution in [-0.4, -0.2) is 81.0 Å². The van der Waals surface area contributed by atoms with Gasteiger partial charge < -0.3 is 39.7 Å². The van der Waals surface area contributed by atoms with Gasteiger partial charge in [0.25, 0.3) is 0 Å². The molecule has 1 saturated heterocycles. The summed E-state index contributed by atoms with van der Waals surface area (Å²) in [4.78, 5) is 12.2. The van der Waals surface area contributed by atoms with E-state index in [2.05, 4.69) is 0 Å². The predicted octanol–water partition coefficient (Wildman–Crippen LogP) is 0.0763. The van der Waals surface area contributed by atoms with Gasteiger partial charge >= 0.3 is 5.97 Å². The Hall–Kier alpha value is -2.01. The number of benzene rings is 1. The molecule has 0 aromatic heterocycles. The summed E-state index contributed by atoms with van der Waals surface area (Å²) in [5.74, 6) is -0.710. The van der Waals surface area contributed by atoms with Crippen LogP contribution in [0.25, 0.3) is 6.08 Å². The molecular weight excluding hydrogens is 396 g/mol. The molecule has 9 nitrogen and oxygen atoms in total. The van der Waals surface area contributed by atoms with Crippen LogP contribution in [0.3, 0.4) is 0 Å². The van der Waals surface area contributed by atoms with Crippen LogP contribution in [0.4, 0.5) is 0 Å². The Bertz CT molecular complexity index is 718. The number of rotatable bonds is 6. The maximum atomic E-state index is 12.2. The zero-order valence-electron chi connectivity index (χ0n) is 16.4. The van der Waals surface area contributed by atoms with Gasteiger partial charge in [-0.15, -0.1) is 0 Å². The largest absolute Gasteiger partial charge is 0.508 e. The van der Waals surface area contributed by atoms with Crippen molar-refractivity contribution in [2.75, 3.05) is 6.61 Å². The summed E-state index contributed by atoms with van der Waals surface area (Å²) in [6.07, 6.45) is -2.50. The van der Waals surface area contributed by atoms with E-state index in [1.807, 2.05) is 0 Å². The highest BCUT2D eigenvalue weighted by Gasteiger charge is 2.48. The van der Waals surface area contributed by atoms with Crippen molar-refractivity contribution in [2.45, 2.75) is 68.6 Å². The summed E-state index contributed by atoms with van der Waals surface area (Å²) >= 11 is 0. The molecule has 0 amide bonds. The SMILES string of the molecule is O=C(C=Cc1ccc(O)cc1)O[C@H]1[C@H](O)[C@@H](O)[C@H](O[C@@H]2CCCC[C@@H]2O)O[C@@H]1CO. The first-order valence-electron chi connectivity index (χ1n) is 10.0. The molecule has 30 heavy (non-hydrogen) atoms.